The van der Waals surface area contributed by atoms with Gasteiger partial charge in [0.1, 0.15) is 10.4 Å². The summed E-state index contributed by atoms with van der Waals surface area (Å²) >= 11 is 12.3. The number of para-hydroxylation sites is 1. The minimum atomic E-state index is -1.34. The molecule has 28 heavy (non-hydrogen) atoms. The van der Waals surface area contributed by atoms with Crippen molar-refractivity contribution in [1.82, 2.24) is 9.88 Å². The molecular formula is C18H13ClN2O5S2. The number of carboxylic acids is 2. The fraction of sp³-hybridized carbons (Fsp3) is 0.167. The van der Waals surface area contributed by atoms with Crippen molar-refractivity contribution in [1.29, 1.82) is 0 Å². The molecule has 1 fully saturated rings. The summed E-state index contributed by atoms with van der Waals surface area (Å²) in [4.78, 5) is 40.6. The van der Waals surface area contributed by atoms with E-state index in [2.05, 4.69) is 4.98 Å². The lowest BCUT2D eigenvalue weighted by molar-refractivity contribution is -0.146. The number of rotatable bonds is 6. The Bertz CT molecular complexity index is 1040. The molecule has 3 rings (SSSR count). The molecule has 1 amide bonds. The lowest BCUT2D eigenvalue weighted by Gasteiger charge is -2.22. The van der Waals surface area contributed by atoms with E-state index in [-0.39, 0.29) is 15.6 Å². The second kappa shape index (κ2) is 8.26. The maximum atomic E-state index is 12.7. The molecule has 0 radical (unpaired) electrons. The molecule has 2 N–H and O–H groups in total. The molecular weight excluding hydrogens is 424 g/mol. The van der Waals surface area contributed by atoms with E-state index >= 15 is 0 Å². The van der Waals surface area contributed by atoms with Gasteiger partial charge in [0.15, 0.2) is 0 Å². The molecule has 0 aliphatic carbocycles. The first-order valence-electron chi connectivity index (χ1n) is 8.05. The Balaban J connectivity index is 1.91. The van der Waals surface area contributed by atoms with Crippen LogP contribution in [0.5, 0.6) is 0 Å². The maximum absolute atomic E-state index is 12.7. The fourth-order valence-electron chi connectivity index (χ4n) is 2.71. The van der Waals surface area contributed by atoms with Gasteiger partial charge in [0.2, 0.25) is 0 Å². The van der Waals surface area contributed by atoms with Crippen LogP contribution in [0.25, 0.3) is 17.0 Å². The first-order valence-corrected chi connectivity index (χ1v) is 9.65. The highest BCUT2D eigenvalue weighted by Crippen LogP contribution is 2.35. The lowest BCUT2D eigenvalue weighted by Crippen LogP contribution is -2.44. The number of carbonyl (C=O) groups is 3. The highest BCUT2D eigenvalue weighted by Gasteiger charge is 2.40. The Morgan fingerprint density at radius 2 is 2.04 bits per heavy atom. The van der Waals surface area contributed by atoms with Crippen molar-refractivity contribution in [2.75, 3.05) is 0 Å². The van der Waals surface area contributed by atoms with Gasteiger partial charge in [0.05, 0.1) is 21.1 Å². The van der Waals surface area contributed by atoms with E-state index in [9.17, 15) is 19.5 Å². The van der Waals surface area contributed by atoms with Gasteiger partial charge in [0, 0.05) is 11.8 Å². The molecule has 0 saturated carbocycles. The zero-order chi connectivity index (χ0) is 20.4. The van der Waals surface area contributed by atoms with Crippen molar-refractivity contribution in [3.63, 3.8) is 0 Å². The van der Waals surface area contributed by atoms with E-state index < -0.39 is 30.3 Å². The van der Waals surface area contributed by atoms with E-state index in [4.69, 9.17) is 28.9 Å². The molecule has 1 saturated heterocycles. The predicted molar refractivity (Wildman–Crippen MR) is 110 cm³/mol. The second-order valence-electron chi connectivity index (χ2n) is 5.89. The summed E-state index contributed by atoms with van der Waals surface area (Å²) in [5, 5.41) is 19.5. The van der Waals surface area contributed by atoms with Gasteiger partial charge in [-0.3, -0.25) is 14.5 Å². The number of aliphatic carboxylic acids is 2. The first kappa shape index (κ1) is 20.2. The van der Waals surface area contributed by atoms with Gasteiger partial charge in [-0.05, 0) is 24.6 Å². The smallest absolute Gasteiger partial charge is 0.326 e. The number of halogens is 1. The van der Waals surface area contributed by atoms with Crippen molar-refractivity contribution < 1.29 is 24.6 Å². The topological polar surface area (TPSA) is 108 Å². The second-order valence-corrected chi connectivity index (χ2v) is 7.97. The van der Waals surface area contributed by atoms with E-state index in [0.29, 0.717) is 16.2 Å². The molecule has 0 spiro atoms. The lowest BCUT2D eigenvalue weighted by atomic mass is 10.1. The molecule has 1 aliphatic rings. The average Bonchev–Trinajstić information content (AvgIpc) is 2.90. The number of pyridine rings is 1. The number of carboxylic acid groups (broad SMARTS) is 2. The largest absolute Gasteiger partial charge is 0.481 e. The predicted octanol–water partition coefficient (Wildman–Crippen LogP) is 3.41. The SMILES string of the molecule is O=C(O)CC[C@H](C(=O)O)N1C(=O)/C(=C\c2ccc3cccc(Cl)c3n2)SC1=S. The molecule has 7 nitrogen and oxygen atoms in total. The normalized spacial score (nSPS) is 16.8. The number of benzene rings is 1. The maximum Gasteiger partial charge on any atom is 0.326 e. The zero-order valence-electron chi connectivity index (χ0n) is 14.2. The van der Waals surface area contributed by atoms with E-state index in [0.717, 1.165) is 22.0 Å². The molecule has 1 aromatic heterocycles. The molecule has 1 atom stereocenters. The molecule has 0 unspecified atom stereocenters. The summed E-state index contributed by atoms with van der Waals surface area (Å²) in [6, 6.07) is 7.56. The van der Waals surface area contributed by atoms with Crippen molar-refractivity contribution in [2.45, 2.75) is 18.9 Å². The van der Waals surface area contributed by atoms with Gasteiger partial charge < -0.3 is 10.2 Å². The third-order valence-corrected chi connectivity index (χ3v) is 5.66. The van der Waals surface area contributed by atoms with Crippen LogP contribution in [0.3, 0.4) is 0 Å². The number of thiocarbonyl (C=S) groups is 1. The molecule has 2 heterocycles. The molecule has 1 aromatic carbocycles. The number of carbonyl (C=O) groups excluding carboxylic acids is 1. The minimum Gasteiger partial charge on any atom is -0.481 e. The Morgan fingerprint density at radius 3 is 2.71 bits per heavy atom. The molecule has 1 aliphatic heterocycles. The number of fused-ring (bicyclic) bond motifs is 1. The van der Waals surface area contributed by atoms with Gasteiger partial charge in [-0.25, -0.2) is 9.78 Å². The minimum absolute atomic E-state index is 0.0628. The zero-order valence-corrected chi connectivity index (χ0v) is 16.6. The quantitative estimate of drug-likeness (QED) is 0.524. The monoisotopic (exact) mass is 436 g/mol. The first-order chi connectivity index (χ1) is 13.3. The van der Waals surface area contributed by atoms with Crippen LogP contribution in [0.1, 0.15) is 18.5 Å². The molecule has 10 heteroatoms. The van der Waals surface area contributed by atoms with Gasteiger partial charge in [-0.1, -0.05) is 53.8 Å². The highest BCUT2D eigenvalue weighted by molar-refractivity contribution is 8.26. The van der Waals surface area contributed by atoms with Crippen LogP contribution in [-0.4, -0.2) is 48.3 Å². The summed E-state index contributed by atoms with van der Waals surface area (Å²) < 4.78 is 0.0628. The summed E-state index contributed by atoms with van der Waals surface area (Å²) in [5.41, 5.74) is 1.05. The van der Waals surface area contributed by atoms with Gasteiger partial charge in [-0.2, -0.15) is 0 Å². The Morgan fingerprint density at radius 1 is 1.29 bits per heavy atom. The van der Waals surface area contributed by atoms with Crippen molar-refractivity contribution in [3.05, 3.63) is 46.0 Å². The van der Waals surface area contributed by atoms with Crippen LogP contribution < -0.4 is 0 Å². The summed E-state index contributed by atoms with van der Waals surface area (Å²) in [6.07, 6.45) is 0.879. The van der Waals surface area contributed by atoms with Crippen LogP contribution in [0.15, 0.2) is 35.2 Å². The van der Waals surface area contributed by atoms with Crippen molar-refractivity contribution in [2.24, 2.45) is 0 Å². The van der Waals surface area contributed by atoms with Crippen LogP contribution in [-0.2, 0) is 14.4 Å². The van der Waals surface area contributed by atoms with E-state index in [1.165, 1.54) is 6.08 Å². The number of amides is 1. The van der Waals surface area contributed by atoms with Gasteiger partial charge >= 0.3 is 11.9 Å². The molecule has 0 bridgehead atoms. The van der Waals surface area contributed by atoms with Gasteiger partial charge in [0.25, 0.3) is 5.91 Å². The number of nitrogens with zero attached hydrogens (tertiary/aromatic N) is 2. The van der Waals surface area contributed by atoms with Crippen LogP contribution in [0, 0.1) is 0 Å². The van der Waals surface area contributed by atoms with Crippen LogP contribution in [0.4, 0.5) is 0 Å². The number of aromatic nitrogens is 1. The molecule has 2 aromatic rings. The summed E-state index contributed by atoms with van der Waals surface area (Å²) in [7, 11) is 0. The fourth-order valence-corrected chi connectivity index (χ4v) is 4.28. The summed E-state index contributed by atoms with van der Waals surface area (Å²) in [5.74, 6) is -3.05. The van der Waals surface area contributed by atoms with Crippen LogP contribution >= 0.6 is 35.6 Å². The number of hydrogen-bond acceptors (Lipinski definition) is 6. The standard InChI is InChI=1S/C18H13ClN2O5S2/c19-11-3-1-2-9-4-5-10(20-15(9)11)8-13-16(24)21(18(27)28-13)12(17(25)26)6-7-14(22)23/h1-5,8,12H,6-7H2,(H,22,23)(H,25,26)/b13-8+/t12-/m1/s1. The highest BCUT2D eigenvalue weighted by atomic mass is 35.5. The van der Waals surface area contributed by atoms with Crippen molar-refractivity contribution in [3.8, 4) is 0 Å². The summed E-state index contributed by atoms with van der Waals surface area (Å²) in [6.45, 7) is 0. The number of thioether (sulfide) groups is 1. The Hall–Kier alpha value is -2.49. The molecule has 144 valence electrons. The van der Waals surface area contributed by atoms with E-state index in [1.807, 2.05) is 12.1 Å². The third kappa shape index (κ3) is 4.16. The Kier molecular flexibility index (Phi) is 5.97. The number of hydrogen-bond donors (Lipinski definition) is 2. The van der Waals surface area contributed by atoms with E-state index in [1.54, 1.807) is 18.2 Å². The average molecular weight is 437 g/mol. The van der Waals surface area contributed by atoms with Crippen molar-refractivity contribution >= 4 is 74.7 Å². The third-order valence-electron chi connectivity index (χ3n) is 4.02. The van der Waals surface area contributed by atoms with Gasteiger partial charge in [-0.15, -0.1) is 0 Å². The Labute approximate surface area is 174 Å². The van der Waals surface area contributed by atoms with Crippen LogP contribution in [0.2, 0.25) is 5.02 Å².